The number of hydrogen-bond donors (Lipinski definition) is 2. The van der Waals surface area contributed by atoms with Crippen LogP contribution in [0.2, 0.25) is 0 Å². The summed E-state index contributed by atoms with van der Waals surface area (Å²) in [6, 6.07) is 8.07. The van der Waals surface area contributed by atoms with Gasteiger partial charge in [0.2, 0.25) is 5.91 Å². The van der Waals surface area contributed by atoms with Crippen LogP contribution < -0.4 is 11.1 Å². The fraction of sp³-hybridized carbons (Fsp3) is 0.429. The summed E-state index contributed by atoms with van der Waals surface area (Å²) in [5.74, 6) is 0.357. The Morgan fingerprint density at radius 2 is 2.20 bits per heavy atom. The number of fused-ring (bicyclic) bond motifs is 1. The molecule has 0 aliphatic heterocycles. The first kappa shape index (κ1) is 15.2. The predicted octanol–water partition coefficient (Wildman–Crippen LogP) is 3.17. The van der Waals surface area contributed by atoms with Crippen molar-refractivity contribution in [2.45, 2.75) is 31.7 Å². The SMILES string of the molecule is Cl.N[C@@H]1CCC[C@H]1CC(=O)Nc1nc2ccccc2s1. The minimum atomic E-state index is 0. The minimum Gasteiger partial charge on any atom is -0.327 e. The Bertz CT molecular complexity index is 568. The summed E-state index contributed by atoms with van der Waals surface area (Å²) in [5, 5.41) is 3.57. The average Bonchev–Trinajstić information content (AvgIpc) is 2.95. The smallest absolute Gasteiger partial charge is 0.226 e. The van der Waals surface area contributed by atoms with E-state index in [4.69, 9.17) is 5.73 Å². The van der Waals surface area contributed by atoms with Gasteiger partial charge >= 0.3 is 0 Å². The zero-order valence-corrected chi connectivity index (χ0v) is 12.7. The Hall–Kier alpha value is -1.17. The second kappa shape index (κ2) is 6.52. The molecule has 1 aliphatic rings. The molecule has 1 fully saturated rings. The highest BCUT2D eigenvalue weighted by Gasteiger charge is 2.26. The van der Waals surface area contributed by atoms with Crippen LogP contribution >= 0.6 is 23.7 Å². The fourth-order valence-electron chi connectivity index (χ4n) is 2.65. The van der Waals surface area contributed by atoms with Gasteiger partial charge in [0.1, 0.15) is 0 Å². The number of nitrogens with two attached hydrogens (primary N) is 1. The molecule has 6 heteroatoms. The van der Waals surface area contributed by atoms with Crippen LogP contribution in [0.15, 0.2) is 24.3 Å². The molecule has 1 amide bonds. The zero-order chi connectivity index (χ0) is 13.2. The lowest BCUT2D eigenvalue weighted by molar-refractivity contribution is -0.117. The van der Waals surface area contributed by atoms with Crippen LogP contribution in [-0.2, 0) is 4.79 Å². The van der Waals surface area contributed by atoms with Gasteiger partial charge in [-0.05, 0) is 30.9 Å². The Morgan fingerprint density at radius 3 is 2.90 bits per heavy atom. The number of anilines is 1. The van der Waals surface area contributed by atoms with Crippen LogP contribution in [-0.4, -0.2) is 16.9 Å². The van der Waals surface area contributed by atoms with Gasteiger partial charge in [-0.2, -0.15) is 0 Å². The highest BCUT2D eigenvalue weighted by atomic mass is 35.5. The van der Waals surface area contributed by atoms with Gasteiger partial charge < -0.3 is 11.1 Å². The third kappa shape index (κ3) is 3.29. The van der Waals surface area contributed by atoms with Gasteiger partial charge in [0.25, 0.3) is 0 Å². The highest BCUT2D eigenvalue weighted by molar-refractivity contribution is 7.22. The Morgan fingerprint density at radius 1 is 1.40 bits per heavy atom. The number of carbonyl (C=O) groups excluding carboxylic acids is 1. The number of nitrogens with zero attached hydrogens (tertiary/aromatic N) is 1. The minimum absolute atomic E-state index is 0. The van der Waals surface area contributed by atoms with Crippen LogP contribution in [0.5, 0.6) is 0 Å². The molecule has 0 spiro atoms. The van der Waals surface area contributed by atoms with Gasteiger partial charge in [0.15, 0.2) is 5.13 Å². The van der Waals surface area contributed by atoms with Gasteiger partial charge in [0, 0.05) is 12.5 Å². The summed E-state index contributed by atoms with van der Waals surface area (Å²) in [4.78, 5) is 16.4. The molecule has 1 aromatic heterocycles. The van der Waals surface area contributed by atoms with Crippen molar-refractivity contribution < 1.29 is 4.79 Å². The number of nitrogens with one attached hydrogen (secondary N) is 1. The molecule has 1 saturated carbocycles. The third-order valence-corrected chi connectivity index (χ3v) is 4.66. The summed E-state index contributed by atoms with van der Waals surface area (Å²) in [5.41, 5.74) is 6.92. The van der Waals surface area contributed by atoms with Gasteiger partial charge in [0.05, 0.1) is 10.2 Å². The van der Waals surface area contributed by atoms with E-state index < -0.39 is 0 Å². The molecule has 0 saturated heterocycles. The summed E-state index contributed by atoms with van der Waals surface area (Å²) in [6.07, 6.45) is 3.75. The number of para-hydroxylation sites is 1. The maximum atomic E-state index is 12.0. The number of benzene rings is 1. The lowest BCUT2D eigenvalue weighted by Gasteiger charge is -2.13. The zero-order valence-electron chi connectivity index (χ0n) is 11.0. The van der Waals surface area contributed by atoms with E-state index in [1.54, 1.807) is 0 Å². The average molecular weight is 312 g/mol. The third-order valence-electron chi connectivity index (χ3n) is 3.71. The maximum absolute atomic E-state index is 12.0. The number of hydrogen-bond acceptors (Lipinski definition) is 4. The van der Waals surface area contributed by atoms with Crippen LogP contribution in [0.3, 0.4) is 0 Å². The molecule has 1 aliphatic carbocycles. The second-order valence-electron chi connectivity index (χ2n) is 5.09. The number of halogens is 1. The molecule has 2 atom stereocenters. The predicted molar refractivity (Wildman–Crippen MR) is 85.4 cm³/mol. The number of aromatic nitrogens is 1. The van der Waals surface area contributed by atoms with Gasteiger partial charge in [-0.15, -0.1) is 12.4 Å². The van der Waals surface area contributed by atoms with Gasteiger partial charge in [-0.3, -0.25) is 4.79 Å². The molecule has 4 nitrogen and oxygen atoms in total. The lowest BCUT2D eigenvalue weighted by atomic mass is 10.00. The van der Waals surface area contributed by atoms with E-state index in [1.807, 2.05) is 24.3 Å². The lowest BCUT2D eigenvalue weighted by Crippen LogP contribution is -2.28. The van der Waals surface area contributed by atoms with E-state index in [2.05, 4.69) is 10.3 Å². The molecule has 1 heterocycles. The molecule has 2 aromatic rings. The Kier molecular flexibility index (Phi) is 4.96. The van der Waals surface area contributed by atoms with Crippen LogP contribution in [0.1, 0.15) is 25.7 Å². The molecule has 108 valence electrons. The molecule has 20 heavy (non-hydrogen) atoms. The number of amides is 1. The molecule has 3 rings (SSSR count). The van der Waals surface area contributed by atoms with E-state index in [-0.39, 0.29) is 24.4 Å². The van der Waals surface area contributed by atoms with Crippen molar-refractivity contribution in [3.8, 4) is 0 Å². The molecule has 0 unspecified atom stereocenters. The van der Waals surface area contributed by atoms with E-state index in [0.717, 1.165) is 29.5 Å². The van der Waals surface area contributed by atoms with Gasteiger partial charge in [-0.1, -0.05) is 29.9 Å². The van der Waals surface area contributed by atoms with Crippen molar-refractivity contribution in [1.29, 1.82) is 0 Å². The largest absolute Gasteiger partial charge is 0.327 e. The standard InChI is InChI=1S/C14H17N3OS.ClH/c15-10-5-3-4-9(10)8-13(18)17-14-16-11-6-1-2-7-12(11)19-14;/h1-2,6-7,9-10H,3-5,8,15H2,(H,16,17,18);1H/t9-,10+;/m0./s1. The summed E-state index contributed by atoms with van der Waals surface area (Å²) >= 11 is 1.51. The Labute approximate surface area is 128 Å². The quantitative estimate of drug-likeness (QED) is 0.914. The van der Waals surface area contributed by atoms with Crippen molar-refractivity contribution in [1.82, 2.24) is 4.98 Å². The first-order chi connectivity index (χ1) is 9.22. The Balaban J connectivity index is 0.00000147. The first-order valence-corrected chi connectivity index (χ1v) is 7.45. The highest BCUT2D eigenvalue weighted by Crippen LogP contribution is 2.29. The van der Waals surface area contributed by atoms with Crippen molar-refractivity contribution >= 4 is 45.0 Å². The fourth-order valence-corrected chi connectivity index (χ4v) is 3.54. The van der Waals surface area contributed by atoms with E-state index >= 15 is 0 Å². The number of thiazole rings is 1. The van der Waals surface area contributed by atoms with Crippen LogP contribution in [0, 0.1) is 5.92 Å². The summed E-state index contributed by atoms with van der Waals surface area (Å²) in [7, 11) is 0. The summed E-state index contributed by atoms with van der Waals surface area (Å²) < 4.78 is 1.09. The van der Waals surface area contributed by atoms with E-state index in [0.29, 0.717) is 17.5 Å². The molecular formula is C14H18ClN3OS. The van der Waals surface area contributed by atoms with Crippen molar-refractivity contribution in [2.24, 2.45) is 11.7 Å². The first-order valence-electron chi connectivity index (χ1n) is 6.63. The van der Waals surface area contributed by atoms with Crippen molar-refractivity contribution in [3.63, 3.8) is 0 Å². The van der Waals surface area contributed by atoms with Crippen LogP contribution in [0.25, 0.3) is 10.2 Å². The second-order valence-corrected chi connectivity index (χ2v) is 6.12. The number of rotatable bonds is 3. The molecule has 0 bridgehead atoms. The molecule has 1 aromatic carbocycles. The van der Waals surface area contributed by atoms with Gasteiger partial charge in [-0.25, -0.2) is 4.98 Å². The normalized spacial score (nSPS) is 21.6. The summed E-state index contributed by atoms with van der Waals surface area (Å²) in [6.45, 7) is 0. The maximum Gasteiger partial charge on any atom is 0.226 e. The number of carbonyl (C=O) groups is 1. The van der Waals surface area contributed by atoms with Crippen LogP contribution in [0.4, 0.5) is 5.13 Å². The topological polar surface area (TPSA) is 68.0 Å². The molecule has 3 N–H and O–H groups in total. The van der Waals surface area contributed by atoms with E-state index in [9.17, 15) is 4.79 Å². The monoisotopic (exact) mass is 311 g/mol. The van der Waals surface area contributed by atoms with Crippen molar-refractivity contribution in [3.05, 3.63) is 24.3 Å². The molecular weight excluding hydrogens is 294 g/mol. The van der Waals surface area contributed by atoms with Crippen molar-refractivity contribution in [2.75, 3.05) is 5.32 Å². The van der Waals surface area contributed by atoms with E-state index in [1.165, 1.54) is 11.3 Å². The molecule has 0 radical (unpaired) electrons.